The lowest BCUT2D eigenvalue weighted by molar-refractivity contribution is -0.163. The van der Waals surface area contributed by atoms with Gasteiger partial charge in [-0.25, -0.2) is 9.59 Å². The fourth-order valence-electron chi connectivity index (χ4n) is 7.83. The summed E-state index contributed by atoms with van der Waals surface area (Å²) in [5.74, 6) is -1.37. The second kappa shape index (κ2) is 15.5. The van der Waals surface area contributed by atoms with Crippen molar-refractivity contribution >= 4 is 35.7 Å². The minimum absolute atomic E-state index is 0.00213. The average Bonchev–Trinajstić information content (AvgIpc) is 3.51. The Hall–Kier alpha value is -2.35. The van der Waals surface area contributed by atoms with Gasteiger partial charge in [0.2, 0.25) is 5.91 Å². The zero-order valence-corrected chi connectivity index (χ0v) is 30.2. The molecule has 5 aliphatic heterocycles. The summed E-state index contributed by atoms with van der Waals surface area (Å²) < 4.78 is 10.1. The van der Waals surface area contributed by atoms with Crippen LogP contribution in [-0.4, -0.2) is 124 Å². The summed E-state index contributed by atoms with van der Waals surface area (Å²) in [5, 5.41) is 23.6. The Morgan fingerprint density at radius 2 is 1.79 bits per heavy atom. The number of aliphatic hydroxyl groups excluding tert-OH is 1. The van der Waals surface area contributed by atoms with Crippen molar-refractivity contribution in [2.45, 2.75) is 116 Å². The number of nitrogens with one attached hydrogen (secondary N) is 1. The van der Waals surface area contributed by atoms with E-state index in [1.54, 1.807) is 23.6 Å². The van der Waals surface area contributed by atoms with Crippen molar-refractivity contribution < 1.29 is 38.9 Å². The maximum atomic E-state index is 12.5. The number of nitrogens with zero attached hydrogens (tertiary/aromatic N) is 3. The highest BCUT2D eigenvalue weighted by atomic mass is 32.2. The van der Waals surface area contributed by atoms with Crippen LogP contribution in [0.2, 0.25) is 0 Å². The normalized spacial score (nSPS) is 33.4. The lowest BCUT2D eigenvalue weighted by Crippen LogP contribution is -2.63. The molecule has 5 heterocycles. The molecule has 13 heteroatoms. The van der Waals surface area contributed by atoms with E-state index in [1.165, 1.54) is 24.9 Å². The molecule has 4 fully saturated rings. The number of hydrogen-bond acceptors (Lipinski definition) is 10. The number of ether oxygens (including phenoxy) is 2. The van der Waals surface area contributed by atoms with E-state index >= 15 is 0 Å². The number of aliphatic carboxylic acids is 1. The number of likely N-dealkylation sites (tertiary alicyclic amines) is 2. The summed E-state index contributed by atoms with van der Waals surface area (Å²) >= 11 is 1.66. The van der Waals surface area contributed by atoms with Crippen molar-refractivity contribution in [3.05, 3.63) is 10.6 Å². The molecule has 2 amide bonds. The third kappa shape index (κ3) is 8.82. The Labute approximate surface area is 283 Å². The first-order valence-electron chi connectivity index (χ1n) is 17.2. The van der Waals surface area contributed by atoms with Crippen molar-refractivity contribution in [3.63, 3.8) is 0 Å². The van der Waals surface area contributed by atoms with Crippen LogP contribution in [0.4, 0.5) is 4.79 Å². The number of carboxylic acid groups (broad SMARTS) is 1. The van der Waals surface area contributed by atoms with Gasteiger partial charge in [0.05, 0.1) is 31.1 Å². The maximum absolute atomic E-state index is 12.5. The highest BCUT2D eigenvalue weighted by molar-refractivity contribution is 8.03. The number of rotatable bonds is 7. The molecule has 0 bridgehead atoms. The van der Waals surface area contributed by atoms with Crippen molar-refractivity contribution in [1.82, 2.24) is 20.0 Å². The van der Waals surface area contributed by atoms with Gasteiger partial charge in [0.25, 0.3) is 0 Å². The molecule has 3 N–H and O–H groups in total. The molecule has 0 radical (unpaired) electrons. The largest absolute Gasteiger partial charge is 0.477 e. The quantitative estimate of drug-likeness (QED) is 0.268. The van der Waals surface area contributed by atoms with Gasteiger partial charge < -0.3 is 39.7 Å². The monoisotopic (exact) mass is 680 g/mol. The Balaban J connectivity index is 0.000000240. The van der Waals surface area contributed by atoms with E-state index in [-0.39, 0.29) is 47.6 Å². The van der Waals surface area contributed by atoms with Gasteiger partial charge in [-0.3, -0.25) is 9.59 Å². The molecule has 12 nitrogen and oxygen atoms in total. The van der Waals surface area contributed by atoms with Crippen LogP contribution in [-0.2, 0) is 23.9 Å². The molecule has 0 spiro atoms. The van der Waals surface area contributed by atoms with E-state index in [1.807, 2.05) is 34.6 Å². The van der Waals surface area contributed by atoms with Crippen molar-refractivity contribution in [2.75, 3.05) is 39.8 Å². The molecular weight excluding hydrogens is 624 g/mol. The molecule has 9 atom stereocenters. The summed E-state index contributed by atoms with van der Waals surface area (Å²) in [5.41, 5.74) is -0.337. The van der Waals surface area contributed by atoms with Crippen LogP contribution in [0.3, 0.4) is 0 Å². The maximum Gasteiger partial charge on any atom is 0.410 e. The number of fused-ring (bicyclic) bond motifs is 1. The predicted octanol–water partition coefficient (Wildman–Crippen LogP) is 3.53. The molecule has 266 valence electrons. The smallest absolute Gasteiger partial charge is 0.410 e. The van der Waals surface area contributed by atoms with E-state index < -0.39 is 23.6 Å². The van der Waals surface area contributed by atoms with E-state index in [9.17, 15) is 29.4 Å². The predicted molar refractivity (Wildman–Crippen MR) is 179 cm³/mol. The first-order valence-corrected chi connectivity index (χ1v) is 18.1. The third-order valence-electron chi connectivity index (χ3n) is 10.1. The molecule has 47 heavy (non-hydrogen) atoms. The van der Waals surface area contributed by atoms with Gasteiger partial charge in [0, 0.05) is 47.8 Å². The van der Waals surface area contributed by atoms with Crippen molar-refractivity contribution in [1.29, 1.82) is 0 Å². The van der Waals surface area contributed by atoms with Crippen molar-refractivity contribution in [3.8, 4) is 0 Å². The number of carbonyl (C=O) groups excluding carboxylic acids is 3. The zero-order chi connectivity index (χ0) is 34.8. The SMILES string of the molecule is CC1CC(CN2CC[C@@H](SC3=C(C(=O)O)N4C(=O)[C@H]([C@@H](C)O)[C@H]4[C@H]3C)C2)CCN1.COC(=O)C1CCN(C(=O)OC(C)(C)C)C(C)C1. The van der Waals surface area contributed by atoms with Gasteiger partial charge in [-0.05, 0) is 92.7 Å². The zero-order valence-electron chi connectivity index (χ0n) is 29.4. The van der Waals surface area contributed by atoms with Gasteiger partial charge in [-0.2, -0.15) is 0 Å². The number of esters is 1. The number of thioether (sulfide) groups is 1. The van der Waals surface area contributed by atoms with Gasteiger partial charge in [-0.15, -0.1) is 11.8 Å². The second-order valence-corrected chi connectivity index (χ2v) is 16.4. The van der Waals surface area contributed by atoms with E-state index in [4.69, 9.17) is 9.47 Å². The summed E-state index contributed by atoms with van der Waals surface area (Å²) in [4.78, 5) is 54.3. The van der Waals surface area contributed by atoms with E-state index in [0.29, 0.717) is 30.7 Å². The molecule has 0 aliphatic carbocycles. The number of carboxylic acids is 1. The number of methoxy groups -OCH3 is 1. The second-order valence-electron chi connectivity index (χ2n) is 15.1. The standard InChI is InChI=1S/C21H33N3O4S.C13H23NO4/c1-11-8-14(4-6-22-11)9-23-7-5-15(10-23)29-19-12(2)17-16(13(3)25)20(26)24(17)18(19)21(27)28;1-9-8-10(11(15)17-5)6-7-14(9)12(16)18-13(2,3)4/h11-17,22,25H,4-10H2,1-3H3,(H,27,28);9-10H,6-8H2,1-5H3/t11?,12-,13-,14?,15-,16-,17-;/m1./s1. The number of hydrogen-bond donors (Lipinski definition) is 3. The summed E-state index contributed by atoms with van der Waals surface area (Å²) in [6.07, 6.45) is 3.70. The minimum Gasteiger partial charge on any atom is -0.477 e. The fourth-order valence-corrected chi connectivity index (χ4v) is 9.35. The van der Waals surface area contributed by atoms with Crippen LogP contribution in [0.15, 0.2) is 10.6 Å². The Kier molecular flexibility index (Phi) is 12.3. The van der Waals surface area contributed by atoms with Crippen LogP contribution < -0.4 is 5.32 Å². The molecule has 0 saturated carbocycles. The molecule has 0 aromatic rings. The average molecular weight is 681 g/mol. The number of carbonyl (C=O) groups is 4. The molecule has 0 aromatic carbocycles. The number of β-lactam (4-membered cyclic amide) rings is 1. The molecule has 4 unspecified atom stereocenters. The molecular formula is C34H56N4O8S. The van der Waals surface area contributed by atoms with Gasteiger partial charge >= 0.3 is 18.0 Å². The summed E-state index contributed by atoms with van der Waals surface area (Å²) in [7, 11) is 1.40. The van der Waals surface area contributed by atoms with E-state index in [0.717, 1.165) is 43.4 Å². The molecule has 0 aromatic heterocycles. The van der Waals surface area contributed by atoms with Crippen LogP contribution in [0, 0.1) is 23.7 Å². The molecule has 5 rings (SSSR count). The van der Waals surface area contributed by atoms with Gasteiger partial charge in [0.1, 0.15) is 11.3 Å². The first-order chi connectivity index (χ1) is 22.0. The summed E-state index contributed by atoms with van der Waals surface area (Å²) in [6.45, 7) is 18.1. The number of piperidine rings is 2. The molecule has 5 aliphatic rings. The highest BCUT2D eigenvalue weighted by Crippen LogP contribution is 2.52. The Morgan fingerprint density at radius 3 is 2.36 bits per heavy atom. The lowest BCUT2D eigenvalue weighted by Gasteiger charge is -2.46. The first kappa shape index (κ1) is 37.5. The number of amides is 2. The van der Waals surface area contributed by atoms with Crippen LogP contribution in [0.1, 0.15) is 80.6 Å². The van der Waals surface area contributed by atoms with Crippen LogP contribution in [0.5, 0.6) is 0 Å². The molecule has 4 saturated heterocycles. The van der Waals surface area contributed by atoms with E-state index in [2.05, 4.69) is 17.1 Å². The lowest BCUT2D eigenvalue weighted by atomic mass is 9.79. The van der Waals surface area contributed by atoms with Gasteiger partial charge in [0.15, 0.2) is 0 Å². The minimum atomic E-state index is -1.03. The van der Waals surface area contributed by atoms with Crippen LogP contribution in [0.25, 0.3) is 0 Å². The fraction of sp³-hybridized carbons (Fsp3) is 0.824. The van der Waals surface area contributed by atoms with Gasteiger partial charge in [-0.1, -0.05) is 6.92 Å². The summed E-state index contributed by atoms with van der Waals surface area (Å²) in [6, 6.07) is 0.371. The topological polar surface area (TPSA) is 149 Å². The Bertz CT molecular complexity index is 1210. The van der Waals surface area contributed by atoms with Crippen molar-refractivity contribution in [2.24, 2.45) is 23.7 Å². The Morgan fingerprint density at radius 1 is 1.09 bits per heavy atom. The third-order valence-corrected chi connectivity index (χ3v) is 11.7. The van der Waals surface area contributed by atoms with Crippen LogP contribution >= 0.6 is 11.8 Å². The number of aliphatic hydroxyl groups is 1. The highest BCUT2D eigenvalue weighted by Gasteiger charge is 2.60.